The lowest BCUT2D eigenvalue weighted by Gasteiger charge is -2.23. The van der Waals surface area contributed by atoms with Gasteiger partial charge >= 0.3 is 6.09 Å². The van der Waals surface area contributed by atoms with Crippen LogP contribution >= 0.6 is 0 Å². The first kappa shape index (κ1) is 18.5. The number of pyridine rings is 1. The molecule has 1 saturated heterocycles. The predicted molar refractivity (Wildman–Crippen MR) is 104 cm³/mol. The minimum Gasteiger partial charge on any atom is -0.447 e. The molecule has 5 heterocycles. The number of aryl methyl sites for hydroxylation is 1. The fraction of sp³-hybridized carbons (Fsp3) is 0.350. The Balaban J connectivity index is 1.69. The van der Waals surface area contributed by atoms with Crippen LogP contribution in [0.5, 0.6) is 0 Å². The first-order valence-electron chi connectivity index (χ1n) is 9.77. The molecule has 2 aliphatic rings. The zero-order valence-corrected chi connectivity index (χ0v) is 16.2. The molecule has 1 N–H and O–H groups in total. The molecular formula is C20H19FN6O3. The van der Waals surface area contributed by atoms with E-state index in [4.69, 9.17) is 4.74 Å². The lowest BCUT2D eigenvalue weighted by atomic mass is 9.99. The molecule has 5 rings (SSSR count). The van der Waals surface area contributed by atoms with Crippen molar-refractivity contribution >= 4 is 23.5 Å². The van der Waals surface area contributed by atoms with Crippen molar-refractivity contribution < 1.29 is 18.7 Å². The molecule has 0 unspecified atom stereocenters. The molecular weight excluding hydrogens is 391 g/mol. The number of carbonyl (C=O) groups excluding carboxylic acids is 2. The molecule has 0 aromatic carbocycles. The van der Waals surface area contributed by atoms with Crippen molar-refractivity contribution in [2.75, 3.05) is 11.5 Å². The van der Waals surface area contributed by atoms with Crippen molar-refractivity contribution in [1.82, 2.24) is 24.9 Å². The summed E-state index contributed by atoms with van der Waals surface area (Å²) in [5.41, 5.74) is 1.94. The number of fused-ring (bicyclic) bond motifs is 5. The Morgan fingerprint density at radius 3 is 3.03 bits per heavy atom. The number of carbonyl (C=O) groups is 2. The fourth-order valence-electron chi connectivity index (χ4n) is 3.99. The van der Waals surface area contributed by atoms with Gasteiger partial charge in [-0.3, -0.25) is 14.7 Å². The third kappa shape index (κ3) is 3.04. The summed E-state index contributed by atoms with van der Waals surface area (Å²) in [7, 11) is 0. The maximum Gasteiger partial charge on any atom is 0.416 e. The van der Waals surface area contributed by atoms with Gasteiger partial charge in [-0.25, -0.2) is 18.7 Å². The van der Waals surface area contributed by atoms with Crippen LogP contribution in [0.3, 0.4) is 0 Å². The Morgan fingerprint density at radius 1 is 1.30 bits per heavy atom. The Labute approximate surface area is 170 Å². The second kappa shape index (κ2) is 7.05. The Hall–Kier alpha value is -3.56. The van der Waals surface area contributed by atoms with E-state index in [1.54, 1.807) is 12.3 Å². The summed E-state index contributed by atoms with van der Waals surface area (Å²) in [6, 6.07) is 2.38. The van der Waals surface area contributed by atoms with Gasteiger partial charge in [0.25, 0.3) is 5.91 Å². The molecule has 3 aromatic heterocycles. The second-order valence-corrected chi connectivity index (χ2v) is 7.53. The first-order valence-corrected chi connectivity index (χ1v) is 9.77. The smallest absolute Gasteiger partial charge is 0.416 e. The molecule has 0 saturated carbocycles. The van der Waals surface area contributed by atoms with Crippen LogP contribution in [0, 0.1) is 5.82 Å². The number of amides is 2. The monoisotopic (exact) mass is 410 g/mol. The van der Waals surface area contributed by atoms with Crippen molar-refractivity contribution in [2.24, 2.45) is 0 Å². The predicted octanol–water partition coefficient (Wildman–Crippen LogP) is 2.42. The Morgan fingerprint density at radius 2 is 2.17 bits per heavy atom. The number of anilines is 1. The van der Waals surface area contributed by atoms with Gasteiger partial charge in [-0.2, -0.15) is 5.10 Å². The van der Waals surface area contributed by atoms with E-state index in [9.17, 15) is 14.0 Å². The molecule has 3 aromatic rings. The van der Waals surface area contributed by atoms with E-state index in [1.165, 1.54) is 27.9 Å². The summed E-state index contributed by atoms with van der Waals surface area (Å²) in [6.07, 6.45) is 5.70. The van der Waals surface area contributed by atoms with Crippen molar-refractivity contribution in [1.29, 1.82) is 0 Å². The zero-order chi connectivity index (χ0) is 20.8. The van der Waals surface area contributed by atoms with Crippen molar-refractivity contribution in [3.05, 3.63) is 53.4 Å². The van der Waals surface area contributed by atoms with Crippen LogP contribution in [0.2, 0.25) is 0 Å². The van der Waals surface area contributed by atoms with Gasteiger partial charge in [-0.15, -0.1) is 0 Å². The molecule has 2 amide bonds. The summed E-state index contributed by atoms with van der Waals surface area (Å²) in [4.78, 5) is 35.5. The number of hydrogen-bond acceptors (Lipinski definition) is 6. The fourth-order valence-corrected chi connectivity index (χ4v) is 3.99. The van der Waals surface area contributed by atoms with Gasteiger partial charge in [0.15, 0.2) is 5.65 Å². The molecule has 0 spiro atoms. The normalized spacial score (nSPS) is 21.7. The van der Waals surface area contributed by atoms with Crippen LogP contribution in [-0.2, 0) is 11.2 Å². The number of cyclic esters (lactones) is 1. The molecule has 2 aliphatic heterocycles. The molecule has 154 valence electrons. The van der Waals surface area contributed by atoms with E-state index >= 15 is 0 Å². The molecule has 9 nitrogen and oxygen atoms in total. The van der Waals surface area contributed by atoms with Gasteiger partial charge in [-0.1, -0.05) is 0 Å². The number of ether oxygens (including phenoxy) is 1. The molecule has 2 bridgehead atoms. The van der Waals surface area contributed by atoms with E-state index in [0.717, 1.165) is 6.42 Å². The molecule has 0 radical (unpaired) electrons. The summed E-state index contributed by atoms with van der Waals surface area (Å²) in [5, 5.41) is 7.14. The van der Waals surface area contributed by atoms with Crippen molar-refractivity contribution in [2.45, 2.75) is 38.3 Å². The van der Waals surface area contributed by atoms with Gasteiger partial charge in [0, 0.05) is 23.5 Å². The van der Waals surface area contributed by atoms with Gasteiger partial charge in [0.1, 0.15) is 29.8 Å². The highest BCUT2D eigenvalue weighted by atomic mass is 19.1. The number of nitrogens with zero attached hydrogens (tertiary/aromatic N) is 5. The summed E-state index contributed by atoms with van der Waals surface area (Å²) < 4.78 is 20.8. The average Bonchev–Trinajstić information content (AvgIpc) is 3.31. The van der Waals surface area contributed by atoms with Gasteiger partial charge in [-0.05, 0) is 38.3 Å². The maximum absolute atomic E-state index is 14.1. The number of rotatable bonds is 0. The van der Waals surface area contributed by atoms with Gasteiger partial charge in [0.05, 0.1) is 12.4 Å². The first-order chi connectivity index (χ1) is 14.5. The summed E-state index contributed by atoms with van der Waals surface area (Å²) in [6.45, 7) is 1.99. The summed E-state index contributed by atoms with van der Waals surface area (Å²) in [5.74, 6) is -0.457. The van der Waals surface area contributed by atoms with Crippen LogP contribution in [0.4, 0.5) is 15.0 Å². The van der Waals surface area contributed by atoms with Crippen LogP contribution in [0.1, 0.15) is 47.4 Å². The van der Waals surface area contributed by atoms with Crippen LogP contribution in [0.15, 0.2) is 30.7 Å². The zero-order valence-electron chi connectivity index (χ0n) is 16.2. The lowest BCUT2D eigenvalue weighted by molar-refractivity contribution is 0.0939. The molecule has 0 aliphatic carbocycles. The molecule has 2 atom stereocenters. The molecule has 1 fully saturated rings. The lowest BCUT2D eigenvalue weighted by Crippen LogP contribution is -2.33. The summed E-state index contributed by atoms with van der Waals surface area (Å²) >= 11 is 0. The highest BCUT2D eigenvalue weighted by Gasteiger charge is 2.38. The molecule has 10 heteroatoms. The third-order valence-corrected chi connectivity index (χ3v) is 5.48. The highest BCUT2D eigenvalue weighted by Crippen LogP contribution is 2.34. The van der Waals surface area contributed by atoms with Crippen LogP contribution < -0.4 is 10.2 Å². The number of aromatic nitrogens is 4. The maximum atomic E-state index is 14.1. The third-order valence-electron chi connectivity index (χ3n) is 5.48. The van der Waals surface area contributed by atoms with E-state index in [-0.39, 0.29) is 18.6 Å². The standard InChI is InChI=1S/C20H19FN6O3/c1-11-3-2-4-15-13(7-12(21)8-22-15)16-10-30-20(29)27(16)17-5-6-26-18(25-17)14(9-23-26)19(28)24-11/h5-9,11,16H,2-4,10H2,1H3,(H,24,28)/t11-,16+/m0/s1. The highest BCUT2D eigenvalue weighted by molar-refractivity contribution is 6.00. The SMILES string of the molecule is C[C@H]1CCCc2ncc(F)cc2[C@H]2COC(=O)N2c2ccn3ncc(c3n2)C(=O)N1. The van der Waals surface area contributed by atoms with E-state index in [1.807, 2.05) is 6.92 Å². The van der Waals surface area contributed by atoms with Crippen LogP contribution in [0.25, 0.3) is 5.65 Å². The van der Waals surface area contributed by atoms with Crippen molar-refractivity contribution in [3.63, 3.8) is 0 Å². The quantitative estimate of drug-likeness (QED) is 0.611. The Bertz CT molecular complexity index is 1160. The largest absolute Gasteiger partial charge is 0.447 e. The van der Waals surface area contributed by atoms with E-state index in [2.05, 4.69) is 20.4 Å². The second-order valence-electron chi connectivity index (χ2n) is 7.53. The van der Waals surface area contributed by atoms with E-state index < -0.39 is 18.0 Å². The van der Waals surface area contributed by atoms with E-state index in [0.29, 0.717) is 41.1 Å². The minimum atomic E-state index is -0.585. The number of halogens is 1. The van der Waals surface area contributed by atoms with Gasteiger partial charge in [0.2, 0.25) is 0 Å². The Kier molecular flexibility index (Phi) is 4.34. The molecule has 30 heavy (non-hydrogen) atoms. The minimum absolute atomic E-state index is 0.0623. The van der Waals surface area contributed by atoms with Crippen LogP contribution in [-0.4, -0.2) is 44.2 Å². The van der Waals surface area contributed by atoms with Gasteiger partial charge < -0.3 is 10.1 Å². The van der Waals surface area contributed by atoms with Crippen molar-refractivity contribution in [3.8, 4) is 0 Å². The average molecular weight is 410 g/mol. The number of nitrogens with one attached hydrogen (secondary N) is 1. The topological polar surface area (TPSA) is 102 Å². The number of hydrogen-bond donors (Lipinski definition) is 1.